The quantitative estimate of drug-likeness (QED) is 0.209. The molecule has 1 aliphatic carbocycles. The Kier molecular flexibility index (Phi) is 7.34. The van der Waals surface area contributed by atoms with Gasteiger partial charge in [0.05, 0.1) is 30.2 Å². The number of hydrogen-bond acceptors (Lipinski definition) is 7. The van der Waals surface area contributed by atoms with Crippen LogP contribution in [0, 0.1) is 37.5 Å². The second-order valence-corrected chi connectivity index (χ2v) is 12.4. The summed E-state index contributed by atoms with van der Waals surface area (Å²) >= 11 is 0. The molecule has 0 radical (unpaired) electrons. The first-order chi connectivity index (χ1) is 21.7. The second kappa shape index (κ2) is 11.4. The Morgan fingerprint density at radius 3 is 2.16 bits per heavy atom. The van der Waals surface area contributed by atoms with Gasteiger partial charge in [0.2, 0.25) is 11.8 Å². The number of phenols is 1. The molecule has 230 valence electrons. The molecule has 3 aliphatic rings. The van der Waals surface area contributed by atoms with Crippen LogP contribution in [-0.4, -0.2) is 34.4 Å². The Balaban J connectivity index is 1.19. The minimum atomic E-state index is -1.68. The van der Waals surface area contributed by atoms with Crippen LogP contribution < -0.4 is 15.0 Å². The molecule has 2 amide bonds. The largest absolute Gasteiger partial charge is 0.507 e. The van der Waals surface area contributed by atoms with E-state index in [4.69, 9.17) is 9.47 Å². The zero-order chi connectivity index (χ0) is 31.3. The fourth-order valence-electron chi connectivity index (χ4n) is 7.41. The number of para-hydroxylation sites is 2. The third kappa shape index (κ3) is 5.14. The number of ether oxygens (including phenoxy) is 2. The number of aliphatic hydroxyl groups is 1. The summed E-state index contributed by atoms with van der Waals surface area (Å²) in [6, 6.07) is 30.1. The van der Waals surface area contributed by atoms with E-state index in [0.29, 0.717) is 29.0 Å². The highest BCUT2D eigenvalue weighted by molar-refractivity contribution is 6.22. The molecule has 2 saturated heterocycles. The highest BCUT2D eigenvalue weighted by atomic mass is 16.6. The van der Waals surface area contributed by atoms with Gasteiger partial charge in [0.15, 0.2) is 5.79 Å². The normalized spacial score (nSPS) is 27.3. The molecule has 45 heavy (non-hydrogen) atoms. The van der Waals surface area contributed by atoms with E-state index in [1.807, 2.05) is 98.8 Å². The number of phenolic OH excluding ortho intramolecular Hbond substituents is 1. The number of aromatic hydroxyl groups is 1. The average molecular weight is 605 g/mol. The van der Waals surface area contributed by atoms with E-state index in [2.05, 4.69) is 5.32 Å². The molecular formula is C37H36N2O6. The van der Waals surface area contributed by atoms with Gasteiger partial charge in [0, 0.05) is 23.2 Å². The van der Waals surface area contributed by atoms with Gasteiger partial charge in [-0.1, -0.05) is 36.4 Å². The van der Waals surface area contributed by atoms with Crippen molar-refractivity contribution < 1.29 is 29.3 Å². The summed E-state index contributed by atoms with van der Waals surface area (Å²) in [6.07, 6.45) is 0.0893. The van der Waals surface area contributed by atoms with Crippen molar-refractivity contribution >= 4 is 28.9 Å². The Bertz CT molecular complexity index is 1700. The average Bonchev–Trinajstić information content (AvgIpc) is 3.53. The number of anilines is 3. The van der Waals surface area contributed by atoms with Gasteiger partial charge in [-0.2, -0.15) is 0 Å². The number of nitrogens with zero attached hydrogens (tertiary/aromatic N) is 1. The molecule has 4 aromatic rings. The summed E-state index contributed by atoms with van der Waals surface area (Å²) < 4.78 is 12.6. The second-order valence-electron chi connectivity index (χ2n) is 12.4. The molecule has 0 aromatic heterocycles. The Morgan fingerprint density at radius 2 is 1.49 bits per heavy atom. The van der Waals surface area contributed by atoms with Crippen molar-refractivity contribution in [1.29, 1.82) is 0 Å². The van der Waals surface area contributed by atoms with Crippen molar-refractivity contribution in [1.82, 2.24) is 0 Å². The number of amides is 2. The number of fused-ring (bicyclic) bond motifs is 3. The monoisotopic (exact) mass is 604 g/mol. The molecule has 2 heterocycles. The van der Waals surface area contributed by atoms with E-state index in [-0.39, 0.29) is 30.6 Å². The summed E-state index contributed by atoms with van der Waals surface area (Å²) in [4.78, 5) is 29.5. The Labute approximate surface area is 262 Å². The van der Waals surface area contributed by atoms with Gasteiger partial charge >= 0.3 is 0 Å². The standard InChI is InChI=1S/C37H36N2O6/c1-22-17-24(18-23(2)34(22)40)32-20-31-33-30(19-25(37(31,43)45-32)21-44-29-11-7-4-8-12-29)35(41)39(36(33)42)28-15-13-27(14-16-28)38-26-9-5-3-6-10-26/h3-18,25,30-33,38,40,43H,19-21H2,1-2H3/t25-,30+,31+,32+,33+,37-/m1/s1. The summed E-state index contributed by atoms with van der Waals surface area (Å²) in [6.45, 7) is 3.78. The third-order valence-corrected chi connectivity index (χ3v) is 9.63. The van der Waals surface area contributed by atoms with E-state index in [9.17, 15) is 19.8 Å². The fourth-order valence-corrected chi connectivity index (χ4v) is 7.41. The zero-order valence-electron chi connectivity index (χ0n) is 25.2. The van der Waals surface area contributed by atoms with Gasteiger partial charge in [0.1, 0.15) is 11.5 Å². The maximum Gasteiger partial charge on any atom is 0.238 e. The minimum Gasteiger partial charge on any atom is -0.507 e. The van der Waals surface area contributed by atoms with E-state index >= 15 is 0 Å². The lowest BCUT2D eigenvalue weighted by Crippen LogP contribution is -2.55. The number of nitrogens with one attached hydrogen (secondary N) is 1. The van der Waals surface area contributed by atoms with E-state index in [0.717, 1.165) is 16.9 Å². The van der Waals surface area contributed by atoms with Gasteiger partial charge in [0.25, 0.3) is 0 Å². The van der Waals surface area contributed by atoms with Gasteiger partial charge in [-0.3, -0.25) is 14.5 Å². The first-order valence-electron chi connectivity index (χ1n) is 15.4. The molecule has 8 nitrogen and oxygen atoms in total. The maximum absolute atomic E-state index is 14.2. The van der Waals surface area contributed by atoms with Crippen molar-refractivity contribution in [2.45, 2.75) is 38.6 Å². The number of carbonyl (C=O) groups is 2. The topological polar surface area (TPSA) is 108 Å². The summed E-state index contributed by atoms with van der Waals surface area (Å²) in [5.41, 5.74) is 4.50. The molecule has 0 spiro atoms. The number of carbonyl (C=O) groups excluding carboxylic acids is 2. The smallest absolute Gasteiger partial charge is 0.238 e. The first kappa shape index (κ1) is 29.1. The molecule has 8 heteroatoms. The van der Waals surface area contributed by atoms with Crippen LogP contribution in [0.15, 0.2) is 97.1 Å². The molecule has 3 N–H and O–H groups in total. The van der Waals surface area contributed by atoms with Gasteiger partial charge < -0.3 is 25.0 Å². The Morgan fingerprint density at radius 1 is 0.867 bits per heavy atom. The van der Waals surface area contributed by atoms with Crippen LogP contribution >= 0.6 is 0 Å². The SMILES string of the molecule is Cc1cc([C@@H]2C[C@H]3[C@H]4C(=O)N(c5ccc(Nc6ccccc6)cc5)C(=O)[C@H]4C[C@H](COc4ccccc4)[C@@]3(O)O2)cc(C)c1O. The zero-order valence-corrected chi connectivity index (χ0v) is 25.2. The molecule has 3 fully saturated rings. The number of benzene rings is 4. The van der Waals surface area contributed by atoms with Crippen molar-refractivity contribution in [2.24, 2.45) is 23.7 Å². The molecule has 6 atom stereocenters. The number of rotatable bonds is 7. The number of imide groups is 1. The van der Waals surface area contributed by atoms with Crippen molar-refractivity contribution in [2.75, 3.05) is 16.8 Å². The molecule has 1 saturated carbocycles. The summed E-state index contributed by atoms with van der Waals surface area (Å²) in [7, 11) is 0. The minimum absolute atomic E-state index is 0.127. The molecule has 0 bridgehead atoms. The lowest BCUT2D eigenvalue weighted by atomic mass is 9.64. The van der Waals surface area contributed by atoms with E-state index < -0.39 is 35.6 Å². The predicted molar refractivity (Wildman–Crippen MR) is 170 cm³/mol. The highest BCUT2D eigenvalue weighted by Gasteiger charge is 2.67. The van der Waals surface area contributed by atoms with E-state index in [1.54, 1.807) is 12.1 Å². The molecule has 4 aromatic carbocycles. The van der Waals surface area contributed by atoms with Crippen LogP contribution in [-0.2, 0) is 14.3 Å². The van der Waals surface area contributed by atoms with Crippen LogP contribution in [0.5, 0.6) is 11.5 Å². The fraction of sp³-hybridized carbons (Fsp3) is 0.297. The molecule has 2 aliphatic heterocycles. The van der Waals surface area contributed by atoms with Crippen LogP contribution in [0.3, 0.4) is 0 Å². The molecular weight excluding hydrogens is 568 g/mol. The lowest BCUT2D eigenvalue weighted by Gasteiger charge is -2.44. The van der Waals surface area contributed by atoms with Crippen molar-refractivity contribution in [3.8, 4) is 11.5 Å². The summed E-state index contributed by atoms with van der Waals surface area (Å²) in [5.74, 6) is -3.92. The summed E-state index contributed by atoms with van der Waals surface area (Å²) in [5, 5.41) is 26.0. The maximum atomic E-state index is 14.2. The van der Waals surface area contributed by atoms with Crippen LogP contribution in [0.4, 0.5) is 17.1 Å². The number of aryl methyl sites for hydroxylation is 2. The van der Waals surface area contributed by atoms with Crippen LogP contribution in [0.2, 0.25) is 0 Å². The van der Waals surface area contributed by atoms with E-state index in [1.165, 1.54) is 4.90 Å². The van der Waals surface area contributed by atoms with Crippen molar-refractivity contribution in [3.63, 3.8) is 0 Å². The highest BCUT2D eigenvalue weighted by Crippen LogP contribution is 2.58. The number of hydrogen-bond donors (Lipinski definition) is 3. The third-order valence-electron chi connectivity index (χ3n) is 9.63. The predicted octanol–water partition coefficient (Wildman–Crippen LogP) is 6.42. The molecule has 0 unspecified atom stereocenters. The Hall–Kier alpha value is -4.66. The van der Waals surface area contributed by atoms with Gasteiger partial charge in [-0.15, -0.1) is 0 Å². The van der Waals surface area contributed by atoms with Gasteiger partial charge in [-0.25, -0.2) is 0 Å². The first-order valence-corrected chi connectivity index (χ1v) is 15.4. The van der Waals surface area contributed by atoms with Gasteiger partial charge in [-0.05, 0) is 104 Å². The van der Waals surface area contributed by atoms with Crippen LogP contribution in [0.1, 0.15) is 35.6 Å². The van der Waals surface area contributed by atoms with Crippen LogP contribution in [0.25, 0.3) is 0 Å². The van der Waals surface area contributed by atoms with Crippen molar-refractivity contribution in [3.05, 3.63) is 114 Å². The molecule has 7 rings (SSSR count). The lowest BCUT2D eigenvalue weighted by molar-refractivity contribution is -0.272.